The van der Waals surface area contributed by atoms with Crippen molar-refractivity contribution in [2.45, 2.75) is 33.1 Å². The lowest BCUT2D eigenvalue weighted by molar-refractivity contribution is 0.0668. The smallest absolute Gasteiger partial charge is 0.264 e. The van der Waals surface area contributed by atoms with E-state index in [1.807, 2.05) is 11.8 Å². The van der Waals surface area contributed by atoms with Crippen LogP contribution in [-0.2, 0) is 0 Å². The summed E-state index contributed by atoms with van der Waals surface area (Å²) in [5.74, 6) is 1.97. The van der Waals surface area contributed by atoms with Crippen LogP contribution < -0.4 is 4.90 Å². The molecule has 0 aromatic carbocycles. The highest BCUT2D eigenvalue weighted by Gasteiger charge is 2.27. The summed E-state index contributed by atoms with van der Waals surface area (Å²) >= 11 is 1.54. The van der Waals surface area contributed by atoms with Crippen LogP contribution in [0.2, 0.25) is 0 Å². The third-order valence-electron chi connectivity index (χ3n) is 5.52. The SMILES string of the molecule is Cc1nc(N2CCCCC2)c2c(C)c(C(=O)N3CCN(C)CC3)sc2n1. The summed E-state index contributed by atoms with van der Waals surface area (Å²) in [6, 6.07) is 0. The molecule has 2 aromatic heterocycles. The number of nitrogens with zero attached hydrogens (tertiary/aromatic N) is 5. The maximum Gasteiger partial charge on any atom is 0.264 e. The van der Waals surface area contributed by atoms with Crippen LogP contribution in [0.25, 0.3) is 10.2 Å². The van der Waals surface area contributed by atoms with Crippen molar-refractivity contribution in [1.29, 1.82) is 0 Å². The maximum absolute atomic E-state index is 13.1. The summed E-state index contributed by atoms with van der Waals surface area (Å²) in [5, 5.41) is 1.08. The molecule has 2 aliphatic rings. The average molecular weight is 374 g/mol. The molecule has 26 heavy (non-hydrogen) atoms. The first-order valence-corrected chi connectivity index (χ1v) is 10.4. The molecule has 7 heteroatoms. The molecule has 2 saturated heterocycles. The summed E-state index contributed by atoms with van der Waals surface area (Å²) in [6.45, 7) is 9.57. The third kappa shape index (κ3) is 3.18. The number of rotatable bonds is 2. The molecule has 6 nitrogen and oxygen atoms in total. The Morgan fingerprint density at radius 1 is 0.962 bits per heavy atom. The second-order valence-electron chi connectivity index (χ2n) is 7.47. The fraction of sp³-hybridized carbons (Fsp3) is 0.632. The van der Waals surface area contributed by atoms with Gasteiger partial charge in [-0.1, -0.05) is 0 Å². The summed E-state index contributed by atoms with van der Waals surface area (Å²) in [7, 11) is 2.11. The molecule has 1 amide bonds. The Bertz CT molecular complexity index is 819. The van der Waals surface area contributed by atoms with E-state index in [-0.39, 0.29) is 5.91 Å². The molecule has 4 heterocycles. The number of anilines is 1. The van der Waals surface area contributed by atoms with Gasteiger partial charge in [-0.2, -0.15) is 0 Å². The van der Waals surface area contributed by atoms with Crippen molar-refractivity contribution in [1.82, 2.24) is 19.8 Å². The molecule has 0 atom stereocenters. The number of aromatic nitrogens is 2. The number of likely N-dealkylation sites (N-methyl/N-ethyl adjacent to an activating group) is 1. The fourth-order valence-corrected chi connectivity index (χ4v) is 5.10. The number of aryl methyl sites for hydroxylation is 2. The molecule has 2 aromatic rings. The second kappa shape index (κ2) is 7.12. The minimum atomic E-state index is 0.154. The van der Waals surface area contributed by atoms with Crippen molar-refractivity contribution in [3.05, 3.63) is 16.3 Å². The number of piperazine rings is 1. The maximum atomic E-state index is 13.1. The van der Waals surface area contributed by atoms with E-state index in [2.05, 4.69) is 28.8 Å². The van der Waals surface area contributed by atoms with Crippen LogP contribution in [-0.4, -0.2) is 72.0 Å². The van der Waals surface area contributed by atoms with Gasteiger partial charge in [-0.15, -0.1) is 11.3 Å². The molecule has 2 aliphatic heterocycles. The first-order valence-electron chi connectivity index (χ1n) is 9.55. The predicted octanol–water partition coefficient (Wildman–Crippen LogP) is 2.69. The van der Waals surface area contributed by atoms with E-state index in [0.29, 0.717) is 0 Å². The molecule has 0 saturated carbocycles. The lowest BCUT2D eigenvalue weighted by Crippen LogP contribution is -2.47. The fourth-order valence-electron chi connectivity index (χ4n) is 3.91. The van der Waals surface area contributed by atoms with E-state index < -0.39 is 0 Å². The molecular formula is C19H27N5OS. The molecule has 0 bridgehead atoms. The van der Waals surface area contributed by atoms with Crippen LogP contribution in [0.1, 0.15) is 40.3 Å². The minimum Gasteiger partial charge on any atom is -0.356 e. The summed E-state index contributed by atoms with van der Waals surface area (Å²) in [4.78, 5) is 31.0. The van der Waals surface area contributed by atoms with E-state index in [1.54, 1.807) is 0 Å². The van der Waals surface area contributed by atoms with E-state index >= 15 is 0 Å². The first kappa shape index (κ1) is 17.7. The topological polar surface area (TPSA) is 52.6 Å². The van der Waals surface area contributed by atoms with Crippen molar-refractivity contribution < 1.29 is 4.79 Å². The van der Waals surface area contributed by atoms with Gasteiger partial charge in [0.2, 0.25) is 0 Å². The predicted molar refractivity (Wildman–Crippen MR) is 106 cm³/mol. The van der Waals surface area contributed by atoms with Gasteiger partial charge in [0.05, 0.1) is 10.3 Å². The van der Waals surface area contributed by atoms with Crippen molar-refractivity contribution in [2.75, 3.05) is 51.2 Å². The van der Waals surface area contributed by atoms with E-state index in [9.17, 15) is 4.79 Å². The van der Waals surface area contributed by atoms with Crippen molar-refractivity contribution in [3.63, 3.8) is 0 Å². The van der Waals surface area contributed by atoms with E-state index in [1.165, 1.54) is 30.6 Å². The van der Waals surface area contributed by atoms with Crippen molar-refractivity contribution in [3.8, 4) is 0 Å². The number of hydrogen-bond donors (Lipinski definition) is 0. The molecule has 0 unspecified atom stereocenters. The summed E-state index contributed by atoms with van der Waals surface area (Å²) in [5.41, 5.74) is 1.05. The molecule has 140 valence electrons. The molecule has 0 spiro atoms. The van der Waals surface area contributed by atoms with E-state index in [4.69, 9.17) is 4.98 Å². The standard InChI is InChI=1S/C19H27N5OS/c1-13-15-17(23-7-5-4-6-8-23)20-14(2)21-18(15)26-16(13)19(25)24-11-9-22(3)10-12-24/h4-12H2,1-3H3. The van der Waals surface area contributed by atoms with Crippen LogP contribution in [0.4, 0.5) is 5.82 Å². The monoisotopic (exact) mass is 373 g/mol. The number of thiophene rings is 1. The average Bonchev–Trinajstić information content (AvgIpc) is 2.98. The summed E-state index contributed by atoms with van der Waals surface area (Å²) < 4.78 is 0. The van der Waals surface area contributed by atoms with E-state index in [0.717, 1.165) is 71.6 Å². The van der Waals surface area contributed by atoms with Crippen LogP contribution in [0.5, 0.6) is 0 Å². The number of amides is 1. The molecular weight excluding hydrogens is 346 g/mol. The van der Waals surface area contributed by atoms with Gasteiger partial charge in [-0.25, -0.2) is 9.97 Å². The van der Waals surface area contributed by atoms with Crippen LogP contribution in [0.15, 0.2) is 0 Å². The lowest BCUT2D eigenvalue weighted by atomic mass is 10.1. The van der Waals surface area contributed by atoms with Crippen LogP contribution in [0, 0.1) is 13.8 Å². The molecule has 2 fully saturated rings. The second-order valence-corrected chi connectivity index (χ2v) is 8.47. The Hall–Kier alpha value is -1.73. The summed E-state index contributed by atoms with van der Waals surface area (Å²) in [6.07, 6.45) is 3.71. The van der Waals surface area contributed by atoms with Crippen molar-refractivity contribution in [2.24, 2.45) is 0 Å². The zero-order valence-corrected chi connectivity index (χ0v) is 16.7. The zero-order chi connectivity index (χ0) is 18.3. The molecule has 4 rings (SSSR count). The van der Waals surface area contributed by atoms with Gasteiger partial charge in [0.25, 0.3) is 5.91 Å². The number of carbonyl (C=O) groups is 1. The minimum absolute atomic E-state index is 0.154. The Morgan fingerprint density at radius 2 is 1.65 bits per heavy atom. The van der Waals surface area contributed by atoms with Gasteiger partial charge in [-0.3, -0.25) is 4.79 Å². The normalized spacial score (nSPS) is 19.3. The highest BCUT2D eigenvalue weighted by atomic mass is 32.1. The number of hydrogen-bond acceptors (Lipinski definition) is 6. The number of piperidine rings is 1. The Balaban J connectivity index is 1.73. The molecule has 0 radical (unpaired) electrons. The Kier molecular flexibility index (Phi) is 4.84. The Labute approximate surface area is 158 Å². The number of carbonyl (C=O) groups excluding carboxylic acids is 1. The molecule has 0 aliphatic carbocycles. The molecule has 0 N–H and O–H groups in total. The highest BCUT2D eigenvalue weighted by Crippen LogP contribution is 2.37. The van der Waals surface area contributed by atoms with Crippen LogP contribution in [0.3, 0.4) is 0 Å². The quantitative estimate of drug-likeness (QED) is 0.810. The zero-order valence-electron chi connectivity index (χ0n) is 15.9. The number of fused-ring (bicyclic) bond motifs is 1. The Morgan fingerprint density at radius 3 is 2.35 bits per heavy atom. The van der Waals surface area contributed by atoms with Gasteiger partial charge < -0.3 is 14.7 Å². The van der Waals surface area contributed by atoms with Gasteiger partial charge in [-0.05, 0) is 45.7 Å². The highest BCUT2D eigenvalue weighted by molar-refractivity contribution is 7.20. The lowest BCUT2D eigenvalue weighted by Gasteiger charge is -2.32. The largest absolute Gasteiger partial charge is 0.356 e. The van der Waals surface area contributed by atoms with Gasteiger partial charge in [0.1, 0.15) is 16.5 Å². The van der Waals surface area contributed by atoms with Crippen LogP contribution >= 0.6 is 11.3 Å². The van der Waals surface area contributed by atoms with Gasteiger partial charge in [0.15, 0.2) is 0 Å². The third-order valence-corrected chi connectivity index (χ3v) is 6.70. The van der Waals surface area contributed by atoms with Gasteiger partial charge >= 0.3 is 0 Å². The first-order chi connectivity index (χ1) is 12.5. The van der Waals surface area contributed by atoms with Crippen molar-refractivity contribution >= 4 is 33.3 Å². The van der Waals surface area contributed by atoms with Gasteiger partial charge in [0, 0.05) is 39.3 Å².